The van der Waals surface area contributed by atoms with E-state index in [1.54, 1.807) is 6.07 Å². The number of ether oxygens (including phenoxy) is 1. The zero-order valence-electron chi connectivity index (χ0n) is 11.7. The summed E-state index contributed by atoms with van der Waals surface area (Å²) >= 11 is 0. The summed E-state index contributed by atoms with van der Waals surface area (Å²) in [4.78, 5) is 0. The van der Waals surface area contributed by atoms with Gasteiger partial charge in [-0.25, -0.2) is 0 Å². The van der Waals surface area contributed by atoms with E-state index >= 15 is 0 Å². The Labute approximate surface area is 128 Å². The molecule has 5 nitrogen and oxygen atoms in total. The molecule has 0 heterocycles. The normalized spacial score (nSPS) is 12.7. The molecule has 22 heavy (non-hydrogen) atoms. The Morgan fingerprint density at radius 1 is 1.05 bits per heavy atom. The fraction of sp³-hybridized carbons (Fsp3) is 0.176. The summed E-state index contributed by atoms with van der Waals surface area (Å²) in [6, 6.07) is 17.5. The third-order valence-corrected chi connectivity index (χ3v) is 3.14. The summed E-state index contributed by atoms with van der Waals surface area (Å²) in [5.41, 5.74) is 1.57. The van der Waals surface area contributed by atoms with Crippen molar-refractivity contribution in [1.29, 1.82) is 10.5 Å². The van der Waals surface area contributed by atoms with Crippen LogP contribution >= 0.6 is 0 Å². The average Bonchev–Trinajstić information content (AvgIpc) is 2.59. The lowest BCUT2D eigenvalue weighted by Crippen LogP contribution is -2.15. The van der Waals surface area contributed by atoms with Crippen molar-refractivity contribution < 1.29 is 14.9 Å². The maximum absolute atomic E-state index is 9.85. The standard InChI is InChI=1S/C17H14N2O3/c18-9-14-7-6-13(17(21)15(20)10-19)8-16(14)22-11-12-4-2-1-3-5-12/h1-8,15,17,20-21H,11H2. The molecule has 0 saturated heterocycles. The molecule has 0 aliphatic rings. The molecule has 0 aliphatic heterocycles. The summed E-state index contributed by atoms with van der Waals surface area (Å²) < 4.78 is 5.62. The van der Waals surface area contributed by atoms with Gasteiger partial charge in [0.25, 0.3) is 0 Å². The number of hydrogen-bond acceptors (Lipinski definition) is 5. The van der Waals surface area contributed by atoms with E-state index in [1.807, 2.05) is 36.4 Å². The summed E-state index contributed by atoms with van der Waals surface area (Å²) in [6.07, 6.45) is -2.88. The summed E-state index contributed by atoms with van der Waals surface area (Å²) in [6.45, 7) is 0.274. The molecule has 0 aromatic heterocycles. The SMILES string of the molecule is N#Cc1ccc(C(O)C(O)C#N)cc1OCc1ccccc1. The van der Waals surface area contributed by atoms with E-state index in [0.29, 0.717) is 16.9 Å². The van der Waals surface area contributed by atoms with Crippen LogP contribution in [0.5, 0.6) is 5.75 Å². The fourth-order valence-corrected chi connectivity index (χ4v) is 1.92. The van der Waals surface area contributed by atoms with Gasteiger partial charge in [-0.15, -0.1) is 0 Å². The number of benzene rings is 2. The van der Waals surface area contributed by atoms with Crippen LogP contribution in [-0.2, 0) is 6.61 Å². The molecule has 5 heteroatoms. The monoisotopic (exact) mass is 294 g/mol. The lowest BCUT2D eigenvalue weighted by atomic mass is 10.0. The highest BCUT2D eigenvalue weighted by molar-refractivity contribution is 5.46. The van der Waals surface area contributed by atoms with Gasteiger partial charge in [0.1, 0.15) is 24.5 Å². The predicted molar refractivity (Wildman–Crippen MR) is 78.5 cm³/mol. The largest absolute Gasteiger partial charge is 0.488 e. The first kappa shape index (κ1) is 15.5. The highest BCUT2D eigenvalue weighted by Crippen LogP contribution is 2.26. The summed E-state index contributed by atoms with van der Waals surface area (Å²) in [5, 5.41) is 37.0. The molecule has 0 aliphatic carbocycles. The molecule has 2 atom stereocenters. The molecule has 110 valence electrons. The first-order valence-electron chi connectivity index (χ1n) is 6.62. The van der Waals surface area contributed by atoms with Gasteiger partial charge in [-0.2, -0.15) is 10.5 Å². The Balaban J connectivity index is 2.22. The summed E-state index contributed by atoms with van der Waals surface area (Å²) in [5.74, 6) is 0.299. The van der Waals surface area contributed by atoms with Crippen molar-refractivity contribution in [3.63, 3.8) is 0 Å². The Hall–Kier alpha value is -2.86. The predicted octanol–water partition coefficient (Wildman–Crippen LogP) is 2.06. The average molecular weight is 294 g/mol. The van der Waals surface area contributed by atoms with Crippen LogP contribution < -0.4 is 4.74 Å². The van der Waals surface area contributed by atoms with Crippen molar-refractivity contribution in [2.45, 2.75) is 18.8 Å². The highest BCUT2D eigenvalue weighted by atomic mass is 16.5. The smallest absolute Gasteiger partial charge is 0.170 e. The van der Waals surface area contributed by atoms with Crippen LogP contribution in [0.4, 0.5) is 0 Å². The molecule has 2 rings (SSSR count). The summed E-state index contributed by atoms with van der Waals surface area (Å²) in [7, 11) is 0. The molecular weight excluding hydrogens is 280 g/mol. The van der Waals surface area contributed by atoms with Crippen LogP contribution in [0.1, 0.15) is 22.8 Å². The van der Waals surface area contributed by atoms with Gasteiger partial charge < -0.3 is 14.9 Å². The second-order valence-electron chi connectivity index (χ2n) is 4.66. The van der Waals surface area contributed by atoms with Crippen molar-refractivity contribution in [3.8, 4) is 17.9 Å². The first-order valence-corrected chi connectivity index (χ1v) is 6.62. The number of aliphatic hydroxyl groups is 2. The number of aliphatic hydroxyl groups excluding tert-OH is 2. The van der Waals surface area contributed by atoms with Gasteiger partial charge in [-0.05, 0) is 23.3 Å². The maximum atomic E-state index is 9.85. The molecule has 2 unspecified atom stereocenters. The quantitative estimate of drug-likeness (QED) is 0.823. The Kier molecular flexibility index (Phi) is 5.11. The molecule has 2 N–H and O–H groups in total. The molecule has 0 fully saturated rings. The third-order valence-electron chi connectivity index (χ3n) is 3.14. The Morgan fingerprint density at radius 2 is 1.77 bits per heavy atom. The van der Waals surface area contributed by atoms with E-state index in [1.165, 1.54) is 18.2 Å². The number of rotatable bonds is 5. The molecule has 0 bridgehead atoms. The molecule has 0 radical (unpaired) electrons. The minimum Gasteiger partial charge on any atom is -0.488 e. The van der Waals surface area contributed by atoms with Crippen molar-refractivity contribution in [3.05, 3.63) is 65.2 Å². The number of nitriles is 2. The Bertz CT molecular complexity index is 717. The third kappa shape index (κ3) is 3.62. The number of nitrogens with zero attached hydrogens (tertiary/aromatic N) is 2. The van der Waals surface area contributed by atoms with Crippen LogP contribution in [0.25, 0.3) is 0 Å². The van der Waals surface area contributed by atoms with Gasteiger partial charge in [0.2, 0.25) is 0 Å². The van der Waals surface area contributed by atoms with E-state index in [-0.39, 0.29) is 6.61 Å². The zero-order chi connectivity index (χ0) is 15.9. The second-order valence-corrected chi connectivity index (χ2v) is 4.66. The topological polar surface area (TPSA) is 97.3 Å². The van der Waals surface area contributed by atoms with Crippen LogP contribution in [0.2, 0.25) is 0 Å². The van der Waals surface area contributed by atoms with Crippen molar-refractivity contribution in [2.24, 2.45) is 0 Å². The van der Waals surface area contributed by atoms with E-state index in [2.05, 4.69) is 0 Å². The number of hydrogen-bond donors (Lipinski definition) is 2. The van der Waals surface area contributed by atoms with Crippen LogP contribution in [0, 0.1) is 22.7 Å². The molecule has 2 aromatic carbocycles. The Morgan fingerprint density at radius 3 is 2.41 bits per heavy atom. The lowest BCUT2D eigenvalue weighted by Gasteiger charge is -2.14. The van der Waals surface area contributed by atoms with Crippen molar-refractivity contribution >= 4 is 0 Å². The minimum atomic E-state index is -1.53. The van der Waals surface area contributed by atoms with Gasteiger partial charge in [0, 0.05) is 0 Å². The lowest BCUT2D eigenvalue weighted by molar-refractivity contribution is 0.0526. The fourth-order valence-electron chi connectivity index (χ4n) is 1.92. The van der Waals surface area contributed by atoms with E-state index < -0.39 is 12.2 Å². The van der Waals surface area contributed by atoms with Gasteiger partial charge in [0.05, 0.1) is 11.6 Å². The van der Waals surface area contributed by atoms with Crippen molar-refractivity contribution in [1.82, 2.24) is 0 Å². The van der Waals surface area contributed by atoms with Gasteiger partial charge in [-0.1, -0.05) is 36.4 Å². The minimum absolute atomic E-state index is 0.274. The maximum Gasteiger partial charge on any atom is 0.170 e. The van der Waals surface area contributed by atoms with E-state index in [0.717, 1.165) is 5.56 Å². The van der Waals surface area contributed by atoms with Gasteiger partial charge >= 0.3 is 0 Å². The van der Waals surface area contributed by atoms with E-state index in [9.17, 15) is 10.2 Å². The first-order chi connectivity index (χ1) is 10.7. The van der Waals surface area contributed by atoms with Gasteiger partial charge in [-0.3, -0.25) is 0 Å². The molecule has 0 saturated carbocycles. The zero-order valence-corrected chi connectivity index (χ0v) is 11.7. The van der Waals surface area contributed by atoms with Crippen LogP contribution in [0.15, 0.2) is 48.5 Å². The van der Waals surface area contributed by atoms with Crippen molar-refractivity contribution in [2.75, 3.05) is 0 Å². The van der Waals surface area contributed by atoms with Crippen LogP contribution in [-0.4, -0.2) is 16.3 Å². The van der Waals surface area contributed by atoms with Crippen LogP contribution in [0.3, 0.4) is 0 Å². The van der Waals surface area contributed by atoms with Gasteiger partial charge in [0.15, 0.2) is 6.10 Å². The highest BCUT2D eigenvalue weighted by Gasteiger charge is 2.19. The molecular formula is C17H14N2O3. The second kappa shape index (κ2) is 7.24. The molecule has 0 spiro atoms. The molecule has 0 amide bonds. The van der Waals surface area contributed by atoms with E-state index in [4.69, 9.17) is 15.3 Å². The molecule has 2 aromatic rings.